The zero-order valence-electron chi connectivity index (χ0n) is 10.4. The van der Waals surface area contributed by atoms with E-state index in [1.165, 1.54) is 12.1 Å². The van der Waals surface area contributed by atoms with Crippen LogP contribution in [0.5, 0.6) is 0 Å². The van der Waals surface area contributed by atoms with Crippen LogP contribution in [0.1, 0.15) is 12.5 Å². The van der Waals surface area contributed by atoms with E-state index in [9.17, 15) is 13.2 Å². The van der Waals surface area contributed by atoms with Gasteiger partial charge in [0.05, 0.1) is 11.4 Å². The van der Waals surface area contributed by atoms with Gasteiger partial charge in [-0.25, -0.2) is 14.3 Å². The average molecular weight is 271 g/mol. The zero-order valence-corrected chi connectivity index (χ0v) is 11.2. The van der Waals surface area contributed by atoms with Crippen molar-refractivity contribution in [3.05, 3.63) is 29.8 Å². The number of nitrogens with zero attached hydrogens (tertiary/aromatic N) is 1. The van der Waals surface area contributed by atoms with Gasteiger partial charge in [0.1, 0.15) is 0 Å². The van der Waals surface area contributed by atoms with E-state index in [0.717, 1.165) is 9.87 Å². The molecule has 0 spiro atoms. The standard InChI is InChI=1S/C11H17N3O3S/c1-3-14(8-11(15)13-12)18(16,17)10-6-4-9(2)5-7-10/h4-7H,3,8,12H2,1-2H3,(H,13,15). The molecular weight excluding hydrogens is 254 g/mol. The Hall–Kier alpha value is -1.44. The number of sulfonamides is 1. The lowest BCUT2D eigenvalue weighted by Crippen LogP contribution is -2.42. The van der Waals surface area contributed by atoms with Crippen molar-refractivity contribution in [2.75, 3.05) is 13.1 Å². The van der Waals surface area contributed by atoms with Crippen LogP contribution < -0.4 is 11.3 Å². The lowest BCUT2D eigenvalue weighted by atomic mass is 10.2. The summed E-state index contributed by atoms with van der Waals surface area (Å²) in [7, 11) is -3.66. The zero-order chi connectivity index (χ0) is 13.8. The van der Waals surface area contributed by atoms with Gasteiger partial charge in [-0.3, -0.25) is 10.2 Å². The molecule has 0 fully saturated rings. The Labute approximate surface area is 107 Å². The summed E-state index contributed by atoms with van der Waals surface area (Å²) in [6.45, 7) is 3.44. The molecule has 0 aromatic heterocycles. The van der Waals surface area contributed by atoms with Crippen LogP contribution in [0.25, 0.3) is 0 Å². The Balaban J connectivity index is 3.03. The number of likely N-dealkylation sites (N-methyl/N-ethyl adjacent to an activating group) is 1. The number of carbonyl (C=O) groups excluding carboxylic acids is 1. The maximum Gasteiger partial charge on any atom is 0.249 e. The maximum atomic E-state index is 12.2. The first kappa shape index (κ1) is 14.6. The smallest absolute Gasteiger partial charge is 0.249 e. The molecule has 100 valence electrons. The van der Waals surface area contributed by atoms with Gasteiger partial charge in [0, 0.05) is 6.54 Å². The third-order valence-electron chi connectivity index (χ3n) is 2.49. The topological polar surface area (TPSA) is 92.5 Å². The monoisotopic (exact) mass is 271 g/mol. The molecule has 0 unspecified atom stereocenters. The number of hydrazine groups is 1. The second kappa shape index (κ2) is 5.94. The molecule has 18 heavy (non-hydrogen) atoms. The van der Waals surface area contributed by atoms with E-state index < -0.39 is 15.9 Å². The third kappa shape index (κ3) is 3.28. The highest BCUT2D eigenvalue weighted by atomic mass is 32.2. The van der Waals surface area contributed by atoms with Crippen LogP contribution in [0.15, 0.2) is 29.2 Å². The molecule has 1 rings (SSSR count). The molecule has 1 aromatic rings. The number of amides is 1. The van der Waals surface area contributed by atoms with Crippen LogP contribution in [0.4, 0.5) is 0 Å². The Morgan fingerprint density at radius 1 is 1.33 bits per heavy atom. The predicted molar refractivity (Wildman–Crippen MR) is 67.9 cm³/mol. The van der Waals surface area contributed by atoms with Crippen LogP contribution in [0.2, 0.25) is 0 Å². The highest BCUT2D eigenvalue weighted by Crippen LogP contribution is 2.15. The summed E-state index contributed by atoms with van der Waals surface area (Å²) in [6.07, 6.45) is 0. The average Bonchev–Trinajstić information content (AvgIpc) is 2.35. The van der Waals surface area contributed by atoms with E-state index in [-0.39, 0.29) is 18.0 Å². The Bertz CT molecular complexity index is 511. The molecule has 0 saturated carbocycles. The lowest BCUT2D eigenvalue weighted by Gasteiger charge is -2.19. The van der Waals surface area contributed by atoms with Gasteiger partial charge in [0.2, 0.25) is 15.9 Å². The molecule has 0 radical (unpaired) electrons. The maximum absolute atomic E-state index is 12.2. The first-order valence-corrected chi connectivity index (χ1v) is 6.92. The number of nitrogens with one attached hydrogen (secondary N) is 1. The normalized spacial score (nSPS) is 11.6. The first-order chi connectivity index (χ1) is 8.41. The van der Waals surface area contributed by atoms with Gasteiger partial charge >= 0.3 is 0 Å². The van der Waals surface area contributed by atoms with Gasteiger partial charge in [0.15, 0.2) is 0 Å². The molecule has 7 heteroatoms. The van der Waals surface area contributed by atoms with Gasteiger partial charge in [0.25, 0.3) is 0 Å². The second-order valence-electron chi connectivity index (χ2n) is 3.81. The number of hydrogen-bond acceptors (Lipinski definition) is 4. The van der Waals surface area contributed by atoms with E-state index in [2.05, 4.69) is 0 Å². The van der Waals surface area contributed by atoms with Gasteiger partial charge < -0.3 is 0 Å². The molecule has 0 heterocycles. The fourth-order valence-electron chi connectivity index (χ4n) is 1.43. The predicted octanol–water partition coefficient (Wildman–Crippen LogP) is -0.00448. The lowest BCUT2D eigenvalue weighted by molar-refractivity contribution is -0.121. The van der Waals surface area contributed by atoms with E-state index in [1.54, 1.807) is 19.1 Å². The van der Waals surface area contributed by atoms with Crippen LogP contribution in [-0.2, 0) is 14.8 Å². The van der Waals surface area contributed by atoms with E-state index in [0.29, 0.717) is 0 Å². The largest absolute Gasteiger partial charge is 0.293 e. The van der Waals surface area contributed by atoms with Crippen molar-refractivity contribution in [3.63, 3.8) is 0 Å². The molecule has 3 N–H and O–H groups in total. The van der Waals surface area contributed by atoms with E-state index in [1.807, 2.05) is 12.3 Å². The number of hydrogen-bond donors (Lipinski definition) is 2. The van der Waals surface area contributed by atoms with Crippen molar-refractivity contribution in [1.29, 1.82) is 0 Å². The molecule has 0 saturated heterocycles. The fraction of sp³-hybridized carbons (Fsp3) is 0.364. The molecular formula is C11H17N3O3S. The minimum absolute atomic E-state index is 0.166. The second-order valence-corrected chi connectivity index (χ2v) is 5.75. The summed E-state index contributed by atoms with van der Waals surface area (Å²) in [5.41, 5.74) is 2.89. The van der Waals surface area contributed by atoms with Crippen LogP contribution in [0, 0.1) is 6.92 Å². The molecule has 1 aromatic carbocycles. The summed E-state index contributed by atoms with van der Waals surface area (Å²) in [5.74, 6) is 4.41. The van der Waals surface area contributed by atoms with Crippen LogP contribution in [-0.4, -0.2) is 31.7 Å². The van der Waals surface area contributed by atoms with Gasteiger partial charge in [-0.05, 0) is 19.1 Å². The SMILES string of the molecule is CCN(CC(=O)NN)S(=O)(=O)c1ccc(C)cc1. The Kier molecular flexibility index (Phi) is 4.83. The molecule has 0 aliphatic carbocycles. The molecule has 0 aliphatic heterocycles. The van der Waals surface area contributed by atoms with Gasteiger partial charge in [-0.1, -0.05) is 24.6 Å². The summed E-state index contributed by atoms with van der Waals surface area (Å²) in [4.78, 5) is 11.3. The van der Waals surface area contributed by atoms with Crippen molar-refractivity contribution < 1.29 is 13.2 Å². The Morgan fingerprint density at radius 3 is 2.33 bits per heavy atom. The summed E-state index contributed by atoms with van der Waals surface area (Å²) in [6, 6.07) is 6.47. The highest BCUT2D eigenvalue weighted by Gasteiger charge is 2.24. The van der Waals surface area contributed by atoms with Crippen molar-refractivity contribution in [2.45, 2.75) is 18.7 Å². The molecule has 6 nitrogen and oxygen atoms in total. The van der Waals surface area contributed by atoms with Gasteiger partial charge in [-0.2, -0.15) is 4.31 Å². The highest BCUT2D eigenvalue weighted by molar-refractivity contribution is 7.89. The number of carbonyl (C=O) groups is 1. The molecule has 0 aliphatic rings. The van der Waals surface area contributed by atoms with Crippen molar-refractivity contribution in [3.8, 4) is 0 Å². The van der Waals surface area contributed by atoms with E-state index >= 15 is 0 Å². The van der Waals surface area contributed by atoms with Crippen molar-refractivity contribution in [2.24, 2.45) is 5.84 Å². The molecule has 0 bridgehead atoms. The van der Waals surface area contributed by atoms with Crippen molar-refractivity contribution >= 4 is 15.9 Å². The molecule has 0 atom stereocenters. The van der Waals surface area contributed by atoms with Crippen LogP contribution >= 0.6 is 0 Å². The number of aryl methyl sites for hydroxylation is 1. The summed E-state index contributed by atoms with van der Waals surface area (Å²) >= 11 is 0. The summed E-state index contributed by atoms with van der Waals surface area (Å²) < 4.78 is 25.5. The minimum atomic E-state index is -3.66. The minimum Gasteiger partial charge on any atom is -0.293 e. The summed E-state index contributed by atoms with van der Waals surface area (Å²) in [5, 5.41) is 0. The molecule has 1 amide bonds. The first-order valence-electron chi connectivity index (χ1n) is 5.48. The quantitative estimate of drug-likeness (QED) is 0.448. The fourth-order valence-corrected chi connectivity index (χ4v) is 2.84. The number of rotatable bonds is 5. The van der Waals surface area contributed by atoms with Crippen molar-refractivity contribution in [1.82, 2.24) is 9.73 Å². The van der Waals surface area contributed by atoms with E-state index in [4.69, 9.17) is 5.84 Å². The number of benzene rings is 1. The van der Waals surface area contributed by atoms with Crippen LogP contribution in [0.3, 0.4) is 0 Å². The Morgan fingerprint density at radius 2 is 1.89 bits per heavy atom. The third-order valence-corrected chi connectivity index (χ3v) is 4.43. The van der Waals surface area contributed by atoms with Gasteiger partial charge in [-0.15, -0.1) is 0 Å². The number of nitrogens with two attached hydrogens (primary N) is 1.